The van der Waals surface area contributed by atoms with Crippen LogP contribution in [0.4, 0.5) is 0 Å². The van der Waals surface area contributed by atoms with E-state index in [0.29, 0.717) is 5.92 Å². The lowest BCUT2D eigenvalue weighted by molar-refractivity contribution is 0.211. The lowest BCUT2D eigenvalue weighted by atomic mass is 10.1. The summed E-state index contributed by atoms with van der Waals surface area (Å²) < 4.78 is 0. The van der Waals surface area contributed by atoms with Crippen molar-refractivity contribution in [1.82, 2.24) is 4.90 Å². The van der Waals surface area contributed by atoms with E-state index in [9.17, 15) is 0 Å². The van der Waals surface area contributed by atoms with Gasteiger partial charge < -0.3 is 5.11 Å². The molecule has 0 saturated heterocycles. The molecule has 0 aromatic carbocycles. The third kappa shape index (κ3) is 3.60. The molecule has 0 bridgehead atoms. The highest BCUT2D eigenvalue weighted by molar-refractivity contribution is 5.61. The van der Waals surface area contributed by atoms with Crippen molar-refractivity contribution in [2.45, 2.75) is 20.3 Å². The highest BCUT2D eigenvalue weighted by Crippen LogP contribution is 2.13. The maximum Gasteiger partial charge on any atom is 0.0558 e. The van der Waals surface area contributed by atoms with Crippen molar-refractivity contribution in [2.75, 3.05) is 26.2 Å². The summed E-state index contributed by atoms with van der Waals surface area (Å²) in [6.07, 6.45) is 5.27. The van der Waals surface area contributed by atoms with Crippen LogP contribution in [0.1, 0.15) is 20.3 Å². The van der Waals surface area contributed by atoms with Crippen LogP contribution in [-0.2, 0) is 0 Å². The summed E-state index contributed by atoms with van der Waals surface area (Å²) in [5.74, 6) is 0.607. The number of rotatable bonds is 5. The van der Waals surface area contributed by atoms with Crippen LogP contribution in [0.25, 0.3) is 0 Å². The zero-order valence-electron chi connectivity index (χ0n) is 9.11. The Labute approximate surface area is 86.1 Å². The molecule has 0 aromatic heterocycles. The molecule has 1 atom stereocenters. The fourth-order valence-corrected chi connectivity index (χ4v) is 1.59. The minimum atomic E-state index is 0.223. The molecule has 1 heterocycles. The standard InChI is InChI=1S/C11H20N2O/c1-3-13(6-7-14)9-11-8-10(2)4-5-12-11/h5,8,10,14H,3-4,6-7,9H2,1-2H3. The number of aliphatic imine (C=N–C) groups is 1. The average Bonchev–Trinajstić information content (AvgIpc) is 2.17. The lowest BCUT2D eigenvalue weighted by Crippen LogP contribution is -2.29. The Morgan fingerprint density at radius 3 is 3.00 bits per heavy atom. The van der Waals surface area contributed by atoms with Gasteiger partial charge in [-0.25, -0.2) is 0 Å². The van der Waals surface area contributed by atoms with Crippen molar-refractivity contribution in [2.24, 2.45) is 10.9 Å². The summed E-state index contributed by atoms with van der Waals surface area (Å²) in [4.78, 5) is 6.56. The quantitative estimate of drug-likeness (QED) is 0.719. The third-order valence-corrected chi connectivity index (χ3v) is 2.46. The van der Waals surface area contributed by atoms with Crippen molar-refractivity contribution >= 4 is 6.21 Å². The number of hydrogen-bond donors (Lipinski definition) is 1. The second-order valence-corrected chi connectivity index (χ2v) is 3.78. The van der Waals surface area contributed by atoms with Crippen LogP contribution in [0.5, 0.6) is 0 Å². The Hall–Kier alpha value is -0.670. The molecule has 1 aliphatic rings. The Morgan fingerprint density at radius 2 is 2.43 bits per heavy atom. The first-order valence-corrected chi connectivity index (χ1v) is 5.32. The molecule has 1 aliphatic heterocycles. The predicted octanol–water partition coefficient (Wildman–Crippen LogP) is 1.30. The van der Waals surface area contributed by atoms with Gasteiger partial charge in [0.05, 0.1) is 12.3 Å². The van der Waals surface area contributed by atoms with Gasteiger partial charge in [-0.2, -0.15) is 0 Å². The van der Waals surface area contributed by atoms with Gasteiger partial charge in [-0.1, -0.05) is 19.9 Å². The molecule has 14 heavy (non-hydrogen) atoms. The van der Waals surface area contributed by atoms with Crippen molar-refractivity contribution in [3.05, 3.63) is 11.8 Å². The highest BCUT2D eigenvalue weighted by Gasteiger charge is 2.08. The maximum atomic E-state index is 8.85. The van der Waals surface area contributed by atoms with E-state index in [1.165, 1.54) is 0 Å². The fraction of sp³-hybridized carbons (Fsp3) is 0.727. The first kappa shape index (κ1) is 11.4. The van der Waals surface area contributed by atoms with Gasteiger partial charge in [0.2, 0.25) is 0 Å². The van der Waals surface area contributed by atoms with E-state index >= 15 is 0 Å². The number of likely N-dealkylation sites (N-methyl/N-ethyl adjacent to an activating group) is 1. The molecule has 3 nitrogen and oxygen atoms in total. The summed E-state index contributed by atoms with van der Waals surface area (Å²) in [5.41, 5.74) is 1.14. The molecule has 80 valence electrons. The molecule has 0 radical (unpaired) electrons. The Bertz CT molecular complexity index is 223. The maximum absolute atomic E-state index is 8.85. The Kier molecular flexibility index (Phi) is 4.84. The number of aliphatic hydroxyl groups is 1. The second-order valence-electron chi connectivity index (χ2n) is 3.78. The first-order valence-electron chi connectivity index (χ1n) is 5.32. The molecule has 1 N–H and O–H groups in total. The van der Waals surface area contributed by atoms with Crippen LogP contribution in [-0.4, -0.2) is 42.5 Å². The van der Waals surface area contributed by atoms with Gasteiger partial charge in [0.15, 0.2) is 0 Å². The van der Waals surface area contributed by atoms with Crippen molar-refractivity contribution in [3.8, 4) is 0 Å². The van der Waals surface area contributed by atoms with Crippen LogP contribution in [0.3, 0.4) is 0 Å². The highest BCUT2D eigenvalue weighted by atomic mass is 16.3. The normalized spacial score (nSPS) is 21.4. The molecule has 0 saturated carbocycles. The zero-order valence-corrected chi connectivity index (χ0v) is 9.11. The SMILES string of the molecule is CCN(CCO)CC1=CC(C)CC=N1. The van der Waals surface area contributed by atoms with Gasteiger partial charge in [0, 0.05) is 19.3 Å². The first-order chi connectivity index (χ1) is 6.76. The minimum absolute atomic E-state index is 0.223. The molecule has 0 amide bonds. The molecule has 3 heteroatoms. The summed E-state index contributed by atoms with van der Waals surface area (Å²) >= 11 is 0. The van der Waals surface area contributed by atoms with Gasteiger partial charge in [0.1, 0.15) is 0 Å². The van der Waals surface area contributed by atoms with E-state index in [1.54, 1.807) is 0 Å². The number of nitrogens with zero attached hydrogens (tertiary/aromatic N) is 2. The van der Waals surface area contributed by atoms with E-state index in [4.69, 9.17) is 5.11 Å². The largest absolute Gasteiger partial charge is 0.395 e. The van der Waals surface area contributed by atoms with E-state index < -0.39 is 0 Å². The third-order valence-electron chi connectivity index (χ3n) is 2.46. The molecule has 0 fully saturated rings. The second kappa shape index (κ2) is 5.94. The lowest BCUT2D eigenvalue weighted by Gasteiger charge is -2.21. The van der Waals surface area contributed by atoms with E-state index in [1.807, 2.05) is 6.21 Å². The molecule has 0 aliphatic carbocycles. The fourth-order valence-electron chi connectivity index (χ4n) is 1.59. The average molecular weight is 196 g/mol. The van der Waals surface area contributed by atoms with Crippen LogP contribution in [0.2, 0.25) is 0 Å². The molecular weight excluding hydrogens is 176 g/mol. The van der Waals surface area contributed by atoms with Crippen molar-refractivity contribution in [3.63, 3.8) is 0 Å². The van der Waals surface area contributed by atoms with E-state index in [-0.39, 0.29) is 6.61 Å². The van der Waals surface area contributed by atoms with Crippen LogP contribution in [0.15, 0.2) is 16.8 Å². The zero-order chi connectivity index (χ0) is 10.4. The number of allylic oxidation sites excluding steroid dienone is 1. The van der Waals surface area contributed by atoms with E-state index in [0.717, 1.165) is 31.8 Å². The van der Waals surface area contributed by atoms with Gasteiger partial charge >= 0.3 is 0 Å². The predicted molar refractivity (Wildman–Crippen MR) is 59.6 cm³/mol. The smallest absolute Gasteiger partial charge is 0.0558 e. The molecule has 1 unspecified atom stereocenters. The molecule has 0 aromatic rings. The Balaban J connectivity index is 2.45. The van der Waals surface area contributed by atoms with Crippen LogP contribution >= 0.6 is 0 Å². The Morgan fingerprint density at radius 1 is 1.64 bits per heavy atom. The summed E-state index contributed by atoms with van der Waals surface area (Å²) in [6, 6.07) is 0. The minimum Gasteiger partial charge on any atom is -0.395 e. The molecule has 1 rings (SSSR count). The summed E-state index contributed by atoms with van der Waals surface area (Å²) in [5, 5.41) is 8.85. The van der Waals surface area contributed by atoms with Crippen LogP contribution < -0.4 is 0 Å². The summed E-state index contributed by atoms with van der Waals surface area (Å²) in [6.45, 7) is 7.08. The summed E-state index contributed by atoms with van der Waals surface area (Å²) in [7, 11) is 0. The topological polar surface area (TPSA) is 35.8 Å². The van der Waals surface area contributed by atoms with Gasteiger partial charge in [-0.15, -0.1) is 0 Å². The van der Waals surface area contributed by atoms with Gasteiger partial charge in [0.25, 0.3) is 0 Å². The molecule has 0 spiro atoms. The van der Waals surface area contributed by atoms with Gasteiger partial charge in [-0.05, 0) is 18.9 Å². The van der Waals surface area contributed by atoms with Gasteiger partial charge in [-0.3, -0.25) is 9.89 Å². The molecular formula is C11H20N2O. The monoisotopic (exact) mass is 196 g/mol. The van der Waals surface area contributed by atoms with E-state index in [2.05, 4.69) is 29.8 Å². The van der Waals surface area contributed by atoms with Crippen LogP contribution in [0, 0.1) is 5.92 Å². The van der Waals surface area contributed by atoms with Crippen molar-refractivity contribution in [1.29, 1.82) is 0 Å². The number of aliphatic hydroxyl groups excluding tert-OH is 1. The van der Waals surface area contributed by atoms with Crippen molar-refractivity contribution < 1.29 is 5.11 Å². The number of hydrogen-bond acceptors (Lipinski definition) is 3.